The van der Waals surface area contributed by atoms with E-state index in [1.165, 1.54) is 0 Å². The van der Waals surface area contributed by atoms with Crippen molar-refractivity contribution in [1.29, 1.82) is 0 Å². The van der Waals surface area contributed by atoms with E-state index in [-0.39, 0.29) is 11.3 Å². The Kier molecular flexibility index (Phi) is 5.75. The summed E-state index contributed by atoms with van der Waals surface area (Å²) in [5, 5.41) is 7.29. The molecule has 21 heavy (non-hydrogen) atoms. The number of nitrogens with one attached hydrogen (secondary N) is 1. The molecule has 2 heterocycles. The highest BCUT2D eigenvalue weighted by molar-refractivity contribution is 7.92. The zero-order chi connectivity index (χ0) is 15.3. The molecule has 6 nitrogen and oxygen atoms in total. The van der Waals surface area contributed by atoms with Crippen molar-refractivity contribution in [3.8, 4) is 0 Å². The largest absolute Gasteiger partial charge is 0.313 e. The number of aryl methyl sites for hydroxylation is 1. The third-order valence-corrected chi connectivity index (χ3v) is 6.42. The average molecular weight is 314 g/mol. The third-order valence-electron chi connectivity index (χ3n) is 4.08. The molecule has 0 bridgehead atoms. The van der Waals surface area contributed by atoms with Gasteiger partial charge in [0.15, 0.2) is 9.84 Å². The minimum Gasteiger partial charge on any atom is -0.313 e. The van der Waals surface area contributed by atoms with Gasteiger partial charge in [0.25, 0.3) is 0 Å². The molecule has 2 atom stereocenters. The van der Waals surface area contributed by atoms with Crippen LogP contribution in [-0.2, 0) is 22.8 Å². The van der Waals surface area contributed by atoms with Crippen LogP contribution in [0.5, 0.6) is 0 Å². The van der Waals surface area contributed by atoms with Crippen LogP contribution in [-0.4, -0.2) is 46.8 Å². The standard InChI is InChI=1S/C14H26N4O2S/c1-3-8-18-14(16-11-17-18)10-12(15-4-2)13-7-5-6-9-21(13,19)20/h11-13,15H,3-10H2,1-2H3. The molecule has 0 aromatic carbocycles. The van der Waals surface area contributed by atoms with Crippen LogP contribution in [0.1, 0.15) is 45.4 Å². The molecule has 2 unspecified atom stereocenters. The zero-order valence-electron chi connectivity index (χ0n) is 13.0. The fraction of sp³-hybridized carbons (Fsp3) is 0.857. The summed E-state index contributed by atoms with van der Waals surface area (Å²) in [5.41, 5.74) is 0. The van der Waals surface area contributed by atoms with Crippen LogP contribution in [0.15, 0.2) is 6.33 Å². The highest BCUT2D eigenvalue weighted by atomic mass is 32.2. The lowest BCUT2D eigenvalue weighted by Gasteiger charge is -2.30. The van der Waals surface area contributed by atoms with Crippen LogP contribution in [0, 0.1) is 0 Å². The fourth-order valence-electron chi connectivity index (χ4n) is 3.07. The number of nitrogens with zero attached hydrogens (tertiary/aromatic N) is 3. The first-order valence-corrected chi connectivity index (χ1v) is 9.61. The first-order chi connectivity index (χ1) is 10.1. The lowest BCUT2D eigenvalue weighted by molar-refractivity contribution is 0.425. The summed E-state index contributed by atoms with van der Waals surface area (Å²) >= 11 is 0. The summed E-state index contributed by atoms with van der Waals surface area (Å²) in [6.45, 7) is 5.70. The molecule has 0 aliphatic carbocycles. The SMILES string of the molecule is CCCn1ncnc1CC(NCC)C1CCCCS1(=O)=O. The molecule has 1 aromatic heterocycles. The molecule has 1 saturated heterocycles. The van der Waals surface area contributed by atoms with Crippen molar-refractivity contribution in [2.45, 2.75) is 63.8 Å². The van der Waals surface area contributed by atoms with Gasteiger partial charge in [0.2, 0.25) is 0 Å². The van der Waals surface area contributed by atoms with Crippen LogP contribution in [0.3, 0.4) is 0 Å². The number of hydrogen-bond acceptors (Lipinski definition) is 5. The molecule has 0 saturated carbocycles. The number of rotatable bonds is 7. The molecule has 0 amide bonds. The van der Waals surface area contributed by atoms with Crippen LogP contribution in [0.25, 0.3) is 0 Å². The van der Waals surface area contributed by atoms with Gasteiger partial charge in [-0.1, -0.05) is 20.3 Å². The Labute approximate surface area is 127 Å². The Bertz CT molecular complexity index is 541. The van der Waals surface area contributed by atoms with Gasteiger partial charge < -0.3 is 5.32 Å². The van der Waals surface area contributed by atoms with Crippen molar-refractivity contribution in [2.75, 3.05) is 12.3 Å². The molecule has 1 aliphatic rings. The Morgan fingerprint density at radius 1 is 1.43 bits per heavy atom. The summed E-state index contributed by atoms with van der Waals surface area (Å²) in [6.07, 6.45) is 5.71. The molecule has 0 radical (unpaired) electrons. The van der Waals surface area contributed by atoms with Crippen LogP contribution < -0.4 is 5.32 Å². The van der Waals surface area contributed by atoms with E-state index in [9.17, 15) is 8.42 Å². The molecule has 120 valence electrons. The Hall–Kier alpha value is -0.950. The Morgan fingerprint density at radius 2 is 2.24 bits per heavy atom. The van der Waals surface area contributed by atoms with Crippen molar-refractivity contribution in [2.24, 2.45) is 0 Å². The fourth-order valence-corrected chi connectivity index (χ4v) is 5.20. The summed E-state index contributed by atoms with van der Waals surface area (Å²) in [4.78, 5) is 4.32. The Morgan fingerprint density at radius 3 is 2.90 bits per heavy atom. The van der Waals surface area contributed by atoms with E-state index in [0.717, 1.165) is 44.6 Å². The highest BCUT2D eigenvalue weighted by Gasteiger charge is 2.35. The van der Waals surface area contributed by atoms with E-state index in [1.807, 2.05) is 11.6 Å². The number of sulfone groups is 1. The van der Waals surface area contributed by atoms with Gasteiger partial charge in [-0.15, -0.1) is 0 Å². The molecular weight excluding hydrogens is 288 g/mol. The Balaban J connectivity index is 2.16. The summed E-state index contributed by atoms with van der Waals surface area (Å²) < 4.78 is 26.6. The number of hydrogen-bond donors (Lipinski definition) is 1. The van der Waals surface area contributed by atoms with Crippen LogP contribution >= 0.6 is 0 Å². The minimum atomic E-state index is -2.99. The van der Waals surface area contributed by atoms with Crippen molar-refractivity contribution < 1.29 is 8.42 Å². The van der Waals surface area contributed by atoms with Crippen LogP contribution in [0.4, 0.5) is 0 Å². The van der Waals surface area contributed by atoms with E-state index >= 15 is 0 Å². The maximum absolute atomic E-state index is 12.4. The lowest BCUT2D eigenvalue weighted by atomic mass is 10.0. The van der Waals surface area contributed by atoms with E-state index in [2.05, 4.69) is 22.3 Å². The second kappa shape index (κ2) is 7.35. The van der Waals surface area contributed by atoms with Crippen molar-refractivity contribution in [3.05, 3.63) is 12.2 Å². The molecule has 1 aliphatic heterocycles. The van der Waals surface area contributed by atoms with Crippen molar-refractivity contribution in [3.63, 3.8) is 0 Å². The van der Waals surface area contributed by atoms with Gasteiger partial charge in [-0.25, -0.2) is 13.4 Å². The van der Waals surface area contributed by atoms with Crippen LogP contribution in [0.2, 0.25) is 0 Å². The second-order valence-corrected chi connectivity index (χ2v) is 8.01. The maximum atomic E-state index is 12.4. The lowest BCUT2D eigenvalue weighted by Crippen LogP contribution is -2.48. The molecule has 1 N–H and O–H groups in total. The quantitative estimate of drug-likeness (QED) is 0.817. The van der Waals surface area contributed by atoms with E-state index < -0.39 is 9.84 Å². The van der Waals surface area contributed by atoms with E-state index in [0.29, 0.717) is 12.2 Å². The maximum Gasteiger partial charge on any atom is 0.154 e. The smallest absolute Gasteiger partial charge is 0.154 e. The van der Waals surface area contributed by atoms with Gasteiger partial charge in [-0.2, -0.15) is 5.10 Å². The van der Waals surface area contributed by atoms with E-state index in [4.69, 9.17) is 0 Å². The van der Waals surface area contributed by atoms with Gasteiger partial charge in [-0.3, -0.25) is 4.68 Å². The van der Waals surface area contributed by atoms with Gasteiger partial charge in [0.1, 0.15) is 12.2 Å². The van der Waals surface area contributed by atoms with Gasteiger partial charge >= 0.3 is 0 Å². The predicted octanol–water partition coefficient (Wildman–Crippen LogP) is 1.18. The first kappa shape index (κ1) is 16.4. The van der Waals surface area contributed by atoms with E-state index in [1.54, 1.807) is 6.33 Å². The second-order valence-electron chi connectivity index (χ2n) is 5.67. The van der Waals surface area contributed by atoms with Crippen molar-refractivity contribution in [1.82, 2.24) is 20.1 Å². The molecule has 7 heteroatoms. The molecule has 2 rings (SSSR count). The molecule has 1 aromatic rings. The van der Waals surface area contributed by atoms with Gasteiger partial charge in [0.05, 0.1) is 11.0 Å². The third kappa shape index (κ3) is 4.03. The molecule has 1 fully saturated rings. The van der Waals surface area contributed by atoms with Gasteiger partial charge in [0, 0.05) is 19.0 Å². The topological polar surface area (TPSA) is 76.9 Å². The monoisotopic (exact) mass is 314 g/mol. The highest BCUT2D eigenvalue weighted by Crippen LogP contribution is 2.24. The normalized spacial score (nSPS) is 23.0. The number of likely N-dealkylation sites (N-methyl/N-ethyl adjacent to an activating group) is 1. The van der Waals surface area contributed by atoms with Gasteiger partial charge in [-0.05, 0) is 25.8 Å². The summed E-state index contributed by atoms with van der Waals surface area (Å²) in [7, 11) is -2.99. The number of aromatic nitrogens is 3. The summed E-state index contributed by atoms with van der Waals surface area (Å²) in [5.74, 6) is 1.20. The molecular formula is C14H26N4O2S. The minimum absolute atomic E-state index is 0.0693. The van der Waals surface area contributed by atoms with Crippen molar-refractivity contribution >= 4 is 9.84 Å². The zero-order valence-corrected chi connectivity index (χ0v) is 13.8. The summed E-state index contributed by atoms with van der Waals surface area (Å²) in [6, 6.07) is -0.0693. The molecule has 0 spiro atoms. The predicted molar refractivity (Wildman–Crippen MR) is 82.9 cm³/mol. The first-order valence-electron chi connectivity index (χ1n) is 7.90. The average Bonchev–Trinajstić information content (AvgIpc) is 2.86.